The summed E-state index contributed by atoms with van der Waals surface area (Å²) in [5.74, 6) is -0.517. The molecule has 21 heavy (non-hydrogen) atoms. The highest BCUT2D eigenvalue weighted by atomic mass is 32.2. The van der Waals surface area contributed by atoms with E-state index in [2.05, 4.69) is 9.82 Å². The molecule has 0 bridgehead atoms. The first-order chi connectivity index (χ1) is 9.92. The molecule has 0 saturated heterocycles. The van der Waals surface area contributed by atoms with Gasteiger partial charge >= 0.3 is 0 Å². The molecule has 0 fully saturated rings. The molecule has 1 aromatic carbocycles. The molecule has 0 saturated carbocycles. The third kappa shape index (κ3) is 3.79. The Kier molecular flexibility index (Phi) is 4.59. The lowest BCUT2D eigenvalue weighted by molar-refractivity contribution is 0.277. The number of sulfonamides is 1. The predicted octanol–water partition coefficient (Wildman–Crippen LogP) is 1.51. The Labute approximate surface area is 122 Å². The molecule has 0 radical (unpaired) electrons. The van der Waals surface area contributed by atoms with E-state index in [9.17, 15) is 12.8 Å². The van der Waals surface area contributed by atoms with E-state index in [0.717, 1.165) is 6.07 Å². The Morgan fingerprint density at radius 3 is 2.90 bits per heavy atom. The molecule has 0 spiro atoms. The van der Waals surface area contributed by atoms with Gasteiger partial charge in [-0.05, 0) is 31.0 Å². The van der Waals surface area contributed by atoms with E-state index in [0.29, 0.717) is 18.5 Å². The summed E-state index contributed by atoms with van der Waals surface area (Å²) in [5.41, 5.74) is 0.811. The second kappa shape index (κ2) is 6.23. The first kappa shape index (κ1) is 15.5. The number of aliphatic hydroxyl groups is 1. The summed E-state index contributed by atoms with van der Waals surface area (Å²) in [6, 6.07) is 3.89. The molecular weight excluding hydrogens is 297 g/mol. The third-order valence-corrected chi connectivity index (χ3v) is 4.23. The molecule has 1 heterocycles. The molecule has 2 aromatic rings. The Morgan fingerprint density at radius 2 is 2.19 bits per heavy atom. The Morgan fingerprint density at radius 1 is 1.43 bits per heavy atom. The smallest absolute Gasteiger partial charge is 0.265 e. The predicted molar refractivity (Wildman–Crippen MR) is 75.9 cm³/mol. The van der Waals surface area contributed by atoms with Gasteiger partial charge in [0.25, 0.3) is 10.0 Å². The summed E-state index contributed by atoms with van der Waals surface area (Å²) < 4.78 is 41.4. The molecule has 1 aromatic heterocycles. The lowest BCUT2D eigenvalue weighted by atomic mass is 10.2. The van der Waals surface area contributed by atoms with Crippen LogP contribution in [0.3, 0.4) is 0 Å². The van der Waals surface area contributed by atoms with Crippen molar-refractivity contribution in [3.05, 3.63) is 42.0 Å². The van der Waals surface area contributed by atoms with Gasteiger partial charge in [0.05, 0.1) is 11.9 Å². The Bertz CT molecular complexity index is 728. The number of anilines is 1. The summed E-state index contributed by atoms with van der Waals surface area (Å²) in [6.07, 6.45) is 3.07. The van der Waals surface area contributed by atoms with E-state index in [1.54, 1.807) is 6.92 Å². The zero-order valence-corrected chi connectivity index (χ0v) is 12.3. The fourth-order valence-corrected chi connectivity index (χ4v) is 2.82. The topological polar surface area (TPSA) is 84.2 Å². The zero-order valence-electron chi connectivity index (χ0n) is 11.5. The first-order valence-corrected chi connectivity index (χ1v) is 7.83. The van der Waals surface area contributed by atoms with Crippen LogP contribution in [0.15, 0.2) is 35.5 Å². The highest BCUT2D eigenvalue weighted by molar-refractivity contribution is 7.92. The molecule has 114 valence electrons. The van der Waals surface area contributed by atoms with E-state index in [1.165, 1.54) is 29.2 Å². The average molecular weight is 313 g/mol. The summed E-state index contributed by atoms with van der Waals surface area (Å²) in [4.78, 5) is -0.0101. The maximum Gasteiger partial charge on any atom is 0.265 e. The van der Waals surface area contributed by atoms with Crippen molar-refractivity contribution in [2.45, 2.75) is 24.8 Å². The van der Waals surface area contributed by atoms with E-state index >= 15 is 0 Å². The third-order valence-electron chi connectivity index (χ3n) is 2.91. The van der Waals surface area contributed by atoms with Crippen LogP contribution in [0.4, 0.5) is 10.1 Å². The van der Waals surface area contributed by atoms with Crippen LogP contribution in [0.5, 0.6) is 0 Å². The molecule has 0 unspecified atom stereocenters. The summed E-state index contributed by atoms with van der Waals surface area (Å²) in [6.45, 7) is 2.11. The number of nitrogens with zero attached hydrogens (tertiary/aromatic N) is 2. The van der Waals surface area contributed by atoms with Gasteiger partial charge in [0, 0.05) is 19.3 Å². The standard InChI is InChI=1S/C13H16FN3O3S/c1-10-3-4-11(14)7-13(10)16-21(19,20)12-8-15-17(9-12)5-2-6-18/h3-4,7-9,16,18H,2,5-6H2,1H3. The molecular formula is C13H16FN3O3S. The van der Waals surface area contributed by atoms with Crippen LogP contribution < -0.4 is 4.72 Å². The van der Waals surface area contributed by atoms with Gasteiger partial charge in [-0.2, -0.15) is 5.10 Å². The van der Waals surface area contributed by atoms with Crippen molar-refractivity contribution in [3.8, 4) is 0 Å². The number of rotatable bonds is 6. The second-order valence-electron chi connectivity index (χ2n) is 4.58. The van der Waals surface area contributed by atoms with Gasteiger partial charge in [0.1, 0.15) is 10.7 Å². The summed E-state index contributed by atoms with van der Waals surface area (Å²) >= 11 is 0. The molecule has 2 rings (SSSR count). The van der Waals surface area contributed by atoms with Crippen molar-refractivity contribution in [1.29, 1.82) is 0 Å². The largest absolute Gasteiger partial charge is 0.396 e. The van der Waals surface area contributed by atoms with Crippen molar-refractivity contribution in [3.63, 3.8) is 0 Å². The molecule has 2 N–H and O–H groups in total. The summed E-state index contributed by atoms with van der Waals surface area (Å²) in [7, 11) is -3.82. The highest BCUT2D eigenvalue weighted by Gasteiger charge is 2.17. The van der Waals surface area contributed by atoms with Gasteiger partial charge in [-0.15, -0.1) is 0 Å². The van der Waals surface area contributed by atoms with Crippen molar-refractivity contribution in [1.82, 2.24) is 9.78 Å². The van der Waals surface area contributed by atoms with Gasteiger partial charge in [-0.25, -0.2) is 12.8 Å². The van der Waals surface area contributed by atoms with Crippen molar-refractivity contribution in [2.24, 2.45) is 0 Å². The minimum Gasteiger partial charge on any atom is -0.396 e. The highest BCUT2D eigenvalue weighted by Crippen LogP contribution is 2.20. The van der Waals surface area contributed by atoms with Gasteiger partial charge in [0.2, 0.25) is 0 Å². The fourth-order valence-electron chi connectivity index (χ4n) is 1.75. The number of nitrogens with one attached hydrogen (secondary N) is 1. The van der Waals surface area contributed by atoms with E-state index < -0.39 is 15.8 Å². The average Bonchev–Trinajstić information content (AvgIpc) is 2.90. The van der Waals surface area contributed by atoms with Crippen LogP contribution in [-0.2, 0) is 16.6 Å². The minimum atomic E-state index is -3.82. The van der Waals surface area contributed by atoms with Crippen LogP contribution in [0.2, 0.25) is 0 Å². The first-order valence-electron chi connectivity index (χ1n) is 6.34. The van der Waals surface area contributed by atoms with Gasteiger partial charge < -0.3 is 5.11 Å². The van der Waals surface area contributed by atoms with Crippen LogP contribution in [0.1, 0.15) is 12.0 Å². The Balaban J connectivity index is 2.22. The second-order valence-corrected chi connectivity index (χ2v) is 6.26. The number of aryl methyl sites for hydroxylation is 2. The molecule has 0 aliphatic rings. The maximum absolute atomic E-state index is 13.2. The molecule has 0 aliphatic carbocycles. The van der Waals surface area contributed by atoms with E-state index in [1.807, 2.05) is 0 Å². The SMILES string of the molecule is Cc1ccc(F)cc1NS(=O)(=O)c1cnn(CCCO)c1. The maximum atomic E-state index is 13.2. The molecule has 0 aliphatic heterocycles. The van der Waals surface area contributed by atoms with Crippen molar-refractivity contribution in [2.75, 3.05) is 11.3 Å². The van der Waals surface area contributed by atoms with Crippen LogP contribution >= 0.6 is 0 Å². The van der Waals surface area contributed by atoms with Gasteiger partial charge in [-0.1, -0.05) is 6.07 Å². The molecule has 0 atom stereocenters. The van der Waals surface area contributed by atoms with Crippen molar-refractivity contribution >= 4 is 15.7 Å². The van der Waals surface area contributed by atoms with Gasteiger partial charge in [0.15, 0.2) is 0 Å². The molecule has 6 nitrogen and oxygen atoms in total. The van der Waals surface area contributed by atoms with Crippen LogP contribution in [0.25, 0.3) is 0 Å². The fraction of sp³-hybridized carbons (Fsp3) is 0.308. The molecule has 0 amide bonds. The molecule has 8 heteroatoms. The number of aromatic nitrogens is 2. The monoisotopic (exact) mass is 313 g/mol. The number of benzene rings is 1. The number of hydrogen-bond donors (Lipinski definition) is 2. The summed E-state index contributed by atoms with van der Waals surface area (Å²) in [5, 5.41) is 12.7. The minimum absolute atomic E-state index is 0.00266. The number of hydrogen-bond acceptors (Lipinski definition) is 4. The number of halogens is 1. The quantitative estimate of drug-likeness (QED) is 0.847. The Hall–Kier alpha value is -1.93. The van der Waals surface area contributed by atoms with E-state index in [-0.39, 0.29) is 17.2 Å². The number of aliphatic hydroxyl groups excluding tert-OH is 1. The zero-order chi connectivity index (χ0) is 15.5. The van der Waals surface area contributed by atoms with Gasteiger partial charge in [-0.3, -0.25) is 9.40 Å². The lowest BCUT2D eigenvalue weighted by Crippen LogP contribution is -2.13. The van der Waals surface area contributed by atoms with Crippen molar-refractivity contribution < 1.29 is 17.9 Å². The van der Waals surface area contributed by atoms with Crippen LogP contribution in [-0.4, -0.2) is 29.9 Å². The lowest BCUT2D eigenvalue weighted by Gasteiger charge is -2.09. The van der Waals surface area contributed by atoms with E-state index in [4.69, 9.17) is 5.11 Å². The normalized spacial score (nSPS) is 11.6. The van der Waals surface area contributed by atoms with Crippen LogP contribution in [0, 0.1) is 12.7 Å².